The second-order valence-corrected chi connectivity index (χ2v) is 9.80. The monoisotopic (exact) mass is 463 g/mol. The molecule has 1 heterocycles. The molecular formula is C25H25N3O4S. The average Bonchev–Trinajstić information content (AvgIpc) is 2.80. The normalized spacial score (nSPS) is 14.2. The predicted octanol–water partition coefficient (Wildman–Crippen LogP) is 3.41. The number of hydrogen-bond donors (Lipinski definition) is 3. The molecule has 1 unspecified atom stereocenters. The van der Waals surface area contributed by atoms with Crippen LogP contribution in [0.25, 0.3) is 0 Å². The summed E-state index contributed by atoms with van der Waals surface area (Å²) in [5, 5.41) is 5.55. The summed E-state index contributed by atoms with van der Waals surface area (Å²) >= 11 is 0. The van der Waals surface area contributed by atoms with E-state index < -0.39 is 22.0 Å². The Bertz CT molecular complexity index is 1270. The third-order valence-corrected chi connectivity index (χ3v) is 6.97. The molecule has 4 rings (SSSR count). The van der Waals surface area contributed by atoms with Gasteiger partial charge in [-0.25, -0.2) is 8.42 Å². The van der Waals surface area contributed by atoms with E-state index in [-0.39, 0.29) is 17.2 Å². The third-order valence-electron chi connectivity index (χ3n) is 5.50. The molecule has 0 saturated carbocycles. The minimum Gasteiger partial charge on any atom is -0.326 e. The van der Waals surface area contributed by atoms with Crippen molar-refractivity contribution in [2.45, 2.75) is 37.1 Å². The molecule has 3 aromatic rings. The van der Waals surface area contributed by atoms with E-state index in [1.165, 1.54) is 6.07 Å². The number of anilines is 2. The smallest absolute Gasteiger partial charge is 0.242 e. The highest BCUT2D eigenvalue weighted by atomic mass is 32.2. The second-order valence-electron chi connectivity index (χ2n) is 8.09. The van der Waals surface area contributed by atoms with Gasteiger partial charge in [-0.2, -0.15) is 4.72 Å². The summed E-state index contributed by atoms with van der Waals surface area (Å²) in [7, 11) is -3.99. The predicted molar refractivity (Wildman–Crippen MR) is 127 cm³/mol. The molecule has 0 aliphatic carbocycles. The summed E-state index contributed by atoms with van der Waals surface area (Å²) in [6.45, 7) is 1.95. The van der Waals surface area contributed by atoms with Crippen LogP contribution in [0.2, 0.25) is 0 Å². The van der Waals surface area contributed by atoms with Gasteiger partial charge in [0, 0.05) is 17.8 Å². The van der Waals surface area contributed by atoms with Gasteiger partial charge in [0.2, 0.25) is 21.8 Å². The number of nitrogens with one attached hydrogen (secondary N) is 3. The quantitative estimate of drug-likeness (QED) is 0.499. The maximum atomic E-state index is 13.2. The molecule has 170 valence electrons. The Hall–Kier alpha value is -3.49. The number of aryl methyl sites for hydroxylation is 2. The Morgan fingerprint density at radius 1 is 1.00 bits per heavy atom. The van der Waals surface area contributed by atoms with Crippen molar-refractivity contribution in [1.82, 2.24) is 4.72 Å². The highest BCUT2D eigenvalue weighted by Crippen LogP contribution is 2.25. The number of carbonyl (C=O) groups is 2. The van der Waals surface area contributed by atoms with E-state index in [2.05, 4.69) is 15.4 Å². The molecule has 0 aromatic heterocycles. The van der Waals surface area contributed by atoms with Crippen LogP contribution in [0.4, 0.5) is 11.4 Å². The van der Waals surface area contributed by atoms with Gasteiger partial charge in [0.15, 0.2) is 0 Å². The number of rotatable bonds is 7. The SMILES string of the molecule is Cc1ccc(NC(=O)C(Cc2ccccc2)NS(=O)(=O)c2ccc3c(c2)CCC(=O)N3)cc1. The van der Waals surface area contributed by atoms with Crippen LogP contribution in [-0.4, -0.2) is 26.3 Å². The van der Waals surface area contributed by atoms with E-state index >= 15 is 0 Å². The van der Waals surface area contributed by atoms with E-state index in [0.29, 0.717) is 24.2 Å². The average molecular weight is 464 g/mol. The number of benzene rings is 3. The molecule has 2 amide bonds. The largest absolute Gasteiger partial charge is 0.326 e. The summed E-state index contributed by atoms with van der Waals surface area (Å²) < 4.78 is 29.0. The van der Waals surface area contributed by atoms with Gasteiger partial charge in [0.1, 0.15) is 6.04 Å². The number of sulfonamides is 1. The lowest BCUT2D eigenvalue weighted by atomic mass is 10.0. The van der Waals surface area contributed by atoms with Crippen molar-refractivity contribution in [2.75, 3.05) is 10.6 Å². The Labute approximate surface area is 193 Å². The van der Waals surface area contributed by atoms with Gasteiger partial charge in [-0.05, 0) is 61.2 Å². The molecule has 1 aliphatic rings. The molecule has 0 saturated heterocycles. The van der Waals surface area contributed by atoms with Crippen LogP contribution >= 0.6 is 0 Å². The van der Waals surface area contributed by atoms with Crippen LogP contribution in [0.1, 0.15) is 23.1 Å². The van der Waals surface area contributed by atoms with Crippen molar-refractivity contribution in [3.63, 3.8) is 0 Å². The number of fused-ring (bicyclic) bond motifs is 1. The van der Waals surface area contributed by atoms with Crippen LogP contribution in [0, 0.1) is 6.92 Å². The van der Waals surface area contributed by atoms with Crippen molar-refractivity contribution >= 4 is 33.2 Å². The maximum absolute atomic E-state index is 13.2. The number of carbonyl (C=O) groups excluding carboxylic acids is 2. The lowest BCUT2D eigenvalue weighted by Crippen LogP contribution is -2.45. The summed E-state index contributed by atoms with van der Waals surface area (Å²) in [6.07, 6.45) is 0.962. The summed E-state index contributed by atoms with van der Waals surface area (Å²) in [5.74, 6) is -0.538. The fourth-order valence-electron chi connectivity index (χ4n) is 3.69. The molecular weight excluding hydrogens is 438 g/mol. The van der Waals surface area contributed by atoms with Crippen LogP contribution in [0.5, 0.6) is 0 Å². The first-order chi connectivity index (χ1) is 15.8. The molecule has 0 spiro atoms. The molecule has 3 N–H and O–H groups in total. The van der Waals surface area contributed by atoms with Crippen LogP contribution in [-0.2, 0) is 32.5 Å². The van der Waals surface area contributed by atoms with Gasteiger partial charge in [-0.1, -0.05) is 48.0 Å². The molecule has 1 aliphatic heterocycles. The minimum atomic E-state index is -3.99. The minimum absolute atomic E-state index is 0.0543. The fraction of sp³-hybridized carbons (Fsp3) is 0.200. The molecule has 0 bridgehead atoms. The Morgan fingerprint density at radius 2 is 1.73 bits per heavy atom. The van der Waals surface area contributed by atoms with E-state index in [9.17, 15) is 18.0 Å². The number of hydrogen-bond acceptors (Lipinski definition) is 4. The van der Waals surface area contributed by atoms with E-state index in [1.807, 2.05) is 49.4 Å². The third kappa shape index (κ3) is 5.66. The van der Waals surface area contributed by atoms with E-state index in [4.69, 9.17) is 0 Å². The Balaban J connectivity index is 1.58. The zero-order valence-corrected chi connectivity index (χ0v) is 19.0. The van der Waals surface area contributed by atoms with Crippen LogP contribution < -0.4 is 15.4 Å². The van der Waals surface area contributed by atoms with Gasteiger partial charge in [-0.3, -0.25) is 9.59 Å². The molecule has 8 heteroatoms. The van der Waals surface area contributed by atoms with E-state index in [1.54, 1.807) is 24.3 Å². The second kappa shape index (κ2) is 9.56. The molecule has 3 aromatic carbocycles. The summed E-state index contributed by atoms with van der Waals surface area (Å²) in [5.41, 5.74) is 3.84. The fourth-order valence-corrected chi connectivity index (χ4v) is 4.93. The maximum Gasteiger partial charge on any atom is 0.242 e. The standard InChI is InChI=1S/C25H25N3O4S/c1-17-7-10-20(11-8-17)26-25(30)23(15-18-5-3-2-4-6-18)28-33(31,32)21-12-13-22-19(16-21)9-14-24(29)27-22/h2-8,10-13,16,23,28H,9,14-15H2,1H3,(H,26,30)(H,27,29). The molecule has 7 nitrogen and oxygen atoms in total. The zero-order chi connectivity index (χ0) is 23.4. The summed E-state index contributed by atoms with van der Waals surface area (Å²) in [4.78, 5) is 24.7. The van der Waals surface area contributed by atoms with Gasteiger partial charge in [0.05, 0.1) is 4.90 Å². The zero-order valence-electron chi connectivity index (χ0n) is 18.2. The first kappa shape index (κ1) is 22.7. The highest BCUT2D eigenvalue weighted by Gasteiger charge is 2.27. The molecule has 1 atom stereocenters. The van der Waals surface area contributed by atoms with E-state index in [0.717, 1.165) is 16.7 Å². The van der Waals surface area contributed by atoms with Gasteiger partial charge in [-0.15, -0.1) is 0 Å². The van der Waals surface area contributed by atoms with Crippen molar-refractivity contribution in [3.8, 4) is 0 Å². The van der Waals surface area contributed by atoms with Crippen molar-refractivity contribution in [2.24, 2.45) is 0 Å². The first-order valence-corrected chi connectivity index (χ1v) is 12.1. The summed E-state index contributed by atoms with van der Waals surface area (Å²) in [6, 6.07) is 20.1. The van der Waals surface area contributed by atoms with Gasteiger partial charge in [0.25, 0.3) is 0 Å². The van der Waals surface area contributed by atoms with Crippen molar-refractivity contribution in [3.05, 3.63) is 89.5 Å². The van der Waals surface area contributed by atoms with Crippen LogP contribution in [0.3, 0.4) is 0 Å². The first-order valence-electron chi connectivity index (χ1n) is 10.7. The Morgan fingerprint density at radius 3 is 2.45 bits per heavy atom. The molecule has 0 fully saturated rings. The van der Waals surface area contributed by atoms with Gasteiger partial charge >= 0.3 is 0 Å². The van der Waals surface area contributed by atoms with Crippen molar-refractivity contribution in [1.29, 1.82) is 0 Å². The van der Waals surface area contributed by atoms with Gasteiger partial charge < -0.3 is 10.6 Å². The topological polar surface area (TPSA) is 104 Å². The van der Waals surface area contributed by atoms with Crippen molar-refractivity contribution < 1.29 is 18.0 Å². The lowest BCUT2D eigenvalue weighted by molar-refractivity contribution is -0.118. The highest BCUT2D eigenvalue weighted by molar-refractivity contribution is 7.89. The van der Waals surface area contributed by atoms with Crippen LogP contribution in [0.15, 0.2) is 77.7 Å². The molecule has 33 heavy (non-hydrogen) atoms. The number of amides is 2. The molecule has 0 radical (unpaired) electrons. The Kier molecular flexibility index (Phi) is 6.57. The lowest BCUT2D eigenvalue weighted by Gasteiger charge is -2.21.